The molecule has 0 saturated carbocycles. The Bertz CT molecular complexity index is 1910. The molecule has 6 N–H and O–H groups in total. The number of nitrogens with two attached hydrogens (primary N) is 1. The molecule has 3 rings (SSSR count). The van der Waals surface area contributed by atoms with Crippen molar-refractivity contribution in [2.24, 2.45) is 0 Å². The summed E-state index contributed by atoms with van der Waals surface area (Å²) in [6, 6.07) is 1.24. The SMILES string of the molecule is CCCCC/C=C\C/C=C\C/C=C\CCCCC(=O)OC[C@H](COP(=O)(O)OP(=O)(O)OC[C@H]1O[C@@H](n2ccc(N)nc2=O)[C@H](O)[C@@H]1O)OC(=O)CCCCCCC/C=C\CC1OC1CCCCC. The minimum Gasteiger partial charge on any atom is -0.462 e. The number of epoxide rings is 1. The molecule has 1 aromatic rings. The van der Waals surface area contributed by atoms with E-state index in [1.165, 1.54) is 44.6 Å². The second-order valence-electron chi connectivity index (χ2n) is 17.3. The molecular weight excluding hydrogens is 936 g/mol. The van der Waals surface area contributed by atoms with E-state index in [1.807, 2.05) is 0 Å². The predicted octanol–water partition coefficient (Wildman–Crippen LogP) is 8.76. The van der Waals surface area contributed by atoms with E-state index >= 15 is 0 Å². The molecule has 0 amide bonds. The van der Waals surface area contributed by atoms with Crippen LogP contribution in [-0.4, -0.2) is 97.9 Å². The van der Waals surface area contributed by atoms with E-state index in [0.717, 1.165) is 87.8 Å². The van der Waals surface area contributed by atoms with E-state index in [4.69, 9.17) is 33.7 Å². The maximum absolute atomic E-state index is 12.9. The molecule has 2 fully saturated rings. The first-order chi connectivity index (χ1) is 33.1. The smallest absolute Gasteiger partial charge is 0.462 e. The number of phosphoric acid groups is 2. The molecule has 0 radical (unpaired) electrons. The fourth-order valence-electron chi connectivity index (χ4n) is 7.33. The summed E-state index contributed by atoms with van der Waals surface area (Å²) < 4.78 is 62.4. The summed E-state index contributed by atoms with van der Waals surface area (Å²) in [5, 5.41) is 20.9. The number of aliphatic hydroxyl groups is 2. The van der Waals surface area contributed by atoms with Crippen molar-refractivity contribution >= 4 is 33.4 Å². The highest BCUT2D eigenvalue weighted by Gasteiger charge is 2.46. The van der Waals surface area contributed by atoms with E-state index in [0.29, 0.717) is 25.0 Å². The van der Waals surface area contributed by atoms with Gasteiger partial charge in [0.25, 0.3) is 0 Å². The van der Waals surface area contributed by atoms with E-state index in [9.17, 15) is 43.5 Å². The summed E-state index contributed by atoms with van der Waals surface area (Å²) in [4.78, 5) is 61.9. The first-order valence-electron chi connectivity index (χ1n) is 24.8. The lowest BCUT2D eigenvalue weighted by Gasteiger charge is -2.21. The third-order valence-electron chi connectivity index (χ3n) is 11.3. The van der Waals surface area contributed by atoms with Crippen molar-refractivity contribution in [2.75, 3.05) is 25.6 Å². The van der Waals surface area contributed by atoms with Crippen LogP contribution in [0.1, 0.15) is 161 Å². The molecule has 19 nitrogen and oxygen atoms in total. The maximum Gasteiger partial charge on any atom is 0.481 e. The molecule has 0 spiro atoms. The molecule has 392 valence electrons. The number of nitrogen functional groups attached to an aromatic ring is 1. The van der Waals surface area contributed by atoms with Crippen LogP contribution in [0, 0.1) is 0 Å². The molecular formula is C48H79N3O16P2. The van der Waals surface area contributed by atoms with Crippen LogP contribution < -0.4 is 11.4 Å². The molecule has 69 heavy (non-hydrogen) atoms. The largest absolute Gasteiger partial charge is 0.481 e. The van der Waals surface area contributed by atoms with Crippen LogP contribution in [0.3, 0.4) is 0 Å². The van der Waals surface area contributed by atoms with Crippen molar-refractivity contribution < 1.29 is 71.0 Å². The zero-order valence-electron chi connectivity index (χ0n) is 40.5. The monoisotopic (exact) mass is 1020 g/mol. The number of phosphoric ester groups is 2. The Kier molecular flexibility index (Phi) is 29.7. The number of anilines is 1. The zero-order valence-corrected chi connectivity index (χ0v) is 42.3. The highest BCUT2D eigenvalue weighted by molar-refractivity contribution is 7.61. The van der Waals surface area contributed by atoms with Gasteiger partial charge in [-0.05, 0) is 83.1 Å². The van der Waals surface area contributed by atoms with Crippen LogP contribution in [0.4, 0.5) is 5.82 Å². The number of carbonyl (C=O) groups excluding carboxylic acids is 2. The number of ether oxygens (including phenoxy) is 4. The summed E-state index contributed by atoms with van der Waals surface area (Å²) in [6.07, 6.45) is 30.8. The number of hydrogen-bond acceptors (Lipinski definition) is 16. The van der Waals surface area contributed by atoms with E-state index in [2.05, 4.69) is 71.8 Å². The van der Waals surface area contributed by atoms with Gasteiger partial charge in [0, 0.05) is 19.0 Å². The number of nitrogens with zero attached hydrogens (tertiary/aromatic N) is 2. The molecule has 2 aliphatic rings. The van der Waals surface area contributed by atoms with Gasteiger partial charge in [0.2, 0.25) is 0 Å². The van der Waals surface area contributed by atoms with E-state index in [1.54, 1.807) is 0 Å². The van der Waals surface area contributed by atoms with Crippen LogP contribution in [0.5, 0.6) is 0 Å². The zero-order chi connectivity index (χ0) is 50.3. The normalized spacial score (nSPS) is 22.7. The lowest BCUT2D eigenvalue weighted by molar-refractivity contribution is -0.161. The Morgan fingerprint density at radius 3 is 2.00 bits per heavy atom. The second kappa shape index (κ2) is 34.1. The Morgan fingerprint density at radius 2 is 1.30 bits per heavy atom. The van der Waals surface area contributed by atoms with E-state index in [-0.39, 0.29) is 18.7 Å². The lowest BCUT2D eigenvalue weighted by Crippen LogP contribution is -2.36. The molecule has 2 aliphatic heterocycles. The van der Waals surface area contributed by atoms with Crippen molar-refractivity contribution in [3.8, 4) is 0 Å². The van der Waals surface area contributed by atoms with Crippen molar-refractivity contribution in [3.05, 3.63) is 71.4 Å². The van der Waals surface area contributed by atoms with Gasteiger partial charge in [0.15, 0.2) is 12.3 Å². The van der Waals surface area contributed by atoms with Gasteiger partial charge in [-0.1, -0.05) is 114 Å². The number of hydrogen-bond donors (Lipinski definition) is 5. The summed E-state index contributed by atoms with van der Waals surface area (Å²) in [7, 11) is -10.9. The number of unbranched alkanes of at least 4 members (excludes halogenated alkanes) is 12. The number of aliphatic hydroxyl groups excluding tert-OH is 2. The minimum absolute atomic E-state index is 0.0196. The van der Waals surface area contributed by atoms with Gasteiger partial charge in [-0.3, -0.25) is 23.2 Å². The number of esters is 2. The summed E-state index contributed by atoms with van der Waals surface area (Å²) in [5.74, 6) is -1.37. The molecule has 0 bridgehead atoms. The van der Waals surface area contributed by atoms with Gasteiger partial charge >= 0.3 is 33.3 Å². The molecule has 21 heteroatoms. The van der Waals surface area contributed by atoms with Crippen molar-refractivity contribution in [3.63, 3.8) is 0 Å². The topological polar surface area (TPSA) is 278 Å². The fourth-order valence-corrected chi connectivity index (χ4v) is 9.44. The molecule has 3 heterocycles. The van der Waals surface area contributed by atoms with Gasteiger partial charge in [-0.15, -0.1) is 0 Å². The standard InChI is InChI=1S/C48H79N3O16P2/c1-3-5-7-8-9-10-11-12-13-14-15-16-20-23-27-31-43(52)61-35-38(64-44(53)32-28-24-21-18-17-19-22-26-30-40-39(65-40)29-25-6-4-2)36-62-68(57,58)67-69(59,60)63-37-41-45(54)46(55)47(66-41)51-34-33-42(49)50-48(51)56/h9-10,12-13,15-16,22,26,33-34,38-41,45-47,54-55H,3-8,11,14,17-21,23-25,27-32,35-37H2,1-2H3,(H,57,58)(H,59,60)(H2,49,50,56)/b10-9-,13-12-,16-15-,26-22-/t38-,39?,40?,41-,45-,46-,47-/m1/s1. The Labute approximate surface area is 407 Å². The molecule has 4 unspecified atom stereocenters. The molecule has 9 atom stereocenters. The average Bonchev–Trinajstić information content (AvgIpc) is 3.99. The first-order valence-corrected chi connectivity index (χ1v) is 27.8. The molecule has 0 aromatic carbocycles. The number of aromatic nitrogens is 2. The van der Waals surface area contributed by atoms with Crippen LogP contribution in [-0.2, 0) is 51.0 Å². The third kappa shape index (κ3) is 26.6. The van der Waals surface area contributed by atoms with Gasteiger partial charge < -0.3 is 44.7 Å². The Hall–Kier alpha value is -3.32. The fraction of sp³-hybridized carbons (Fsp3) is 0.708. The Morgan fingerprint density at radius 1 is 0.725 bits per heavy atom. The van der Waals surface area contributed by atoms with Gasteiger partial charge in [0.1, 0.15) is 30.7 Å². The lowest BCUT2D eigenvalue weighted by atomic mass is 10.1. The van der Waals surface area contributed by atoms with Crippen LogP contribution in [0.15, 0.2) is 65.7 Å². The molecule has 0 aliphatic carbocycles. The van der Waals surface area contributed by atoms with Gasteiger partial charge in [-0.2, -0.15) is 9.29 Å². The average molecular weight is 1020 g/mol. The predicted molar refractivity (Wildman–Crippen MR) is 260 cm³/mol. The van der Waals surface area contributed by atoms with Crippen LogP contribution in [0.2, 0.25) is 0 Å². The Balaban J connectivity index is 1.42. The number of allylic oxidation sites excluding steroid dienone is 7. The van der Waals surface area contributed by atoms with Crippen LogP contribution in [0.25, 0.3) is 0 Å². The van der Waals surface area contributed by atoms with Gasteiger partial charge in [0.05, 0.1) is 25.4 Å². The second-order valence-corrected chi connectivity index (χ2v) is 20.4. The number of carbonyl (C=O) groups is 2. The molecule has 2 saturated heterocycles. The van der Waals surface area contributed by atoms with Crippen molar-refractivity contribution in [1.29, 1.82) is 0 Å². The highest BCUT2D eigenvalue weighted by atomic mass is 31.3. The summed E-state index contributed by atoms with van der Waals surface area (Å²) in [5.41, 5.74) is 4.58. The summed E-state index contributed by atoms with van der Waals surface area (Å²) >= 11 is 0. The van der Waals surface area contributed by atoms with Gasteiger partial charge in [-0.25, -0.2) is 13.9 Å². The maximum atomic E-state index is 12.9. The van der Waals surface area contributed by atoms with Crippen molar-refractivity contribution in [2.45, 2.75) is 198 Å². The number of rotatable bonds is 39. The van der Waals surface area contributed by atoms with Crippen molar-refractivity contribution in [1.82, 2.24) is 9.55 Å². The molecule has 1 aromatic heterocycles. The third-order valence-corrected chi connectivity index (χ3v) is 13.9. The quantitative estimate of drug-likeness (QED) is 0.0135. The minimum atomic E-state index is -5.44. The first kappa shape index (κ1) is 60.0. The van der Waals surface area contributed by atoms with Crippen LogP contribution >= 0.6 is 15.6 Å². The summed E-state index contributed by atoms with van der Waals surface area (Å²) in [6.45, 7) is 2.03. The van der Waals surface area contributed by atoms with E-state index < -0.39 is 83.7 Å². The highest BCUT2D eigenvalue weighted by Crippen LogP contribution is 2.60.